The molecule has 5 rings (SSSR count). The van der Waals surface area contributed by atoms with Crippen molar-refractivity contribution in [2.24, 2.45) is 16.5 Å². The van der Waals surface area contributed by atoms with Gasteiger partial charge >= 0.3 is 0 Å². The topological polar surface area (TPSA) is 159 Å². The average molecular weight is 710 g/mol. The number of benzene rings is 1. The number of nitrogens with zero attached hydrogens (tertiary/aromatic N) is 2. The van der Waals surface area contributed by atoms with Gasteiger partial charge in [0.15, 0.2) is 11.7 Å². The second kappa shape index (κ2) is 15.9. The number of aliphatic hydroxyl groups excluding tert-OH is 1. The summed E-state index contributed by atoms with van der Waals surface area (Å²) in [6.07, 6.45) is 7.62. The van der Waals surface area contributed by atoms with Crippen LogP contribution in [0.5, 0.6) is 5.75 Å². The summed E-state index contributed by atoms with van der Waals surface area (Å²) in [5, 5.41) is 24.3. The number of amides is 4. The summed E-state index contributed by atoms with van der Waals surface area (Å²) in [5.74, 6) is -0.422. The number of oxime groups is 1. The van der Waals surface area contributed by atoms with Crippen LogP contribution in [-0.4, -0.2) is 88.9 Å². The van der Waals surface area contributed by atoms with Crippen LogP contribution >= 0.6 is 0 Å². The summed E-state index contributed by atoms with van der Waals surface area (Å²) in [5.41, 5.74) is 1.87. The Morgan fingerprint density at radius 3 is 2.31 bits per heavy atom. The fraction of sp³-hybridized carbons (Fsp3) is 0.718. The van der Waals surface area contributed by atoms with E-state index in [-0.39, 0.29) is 30.8 Å². The van der Waals surface area contributed by atoms with Gasteiger partial charge in [-0.15, -0.1) is 0 Å². The monoisotopic (exact) mass is 709 g/mol. The Morgan fingerprint density at radius 1 is 1.06 bits per heavy atom. The van der Waals surface area contributed by atoms with Crippen molar-refractivity contribution in [2.75, 3.05) is 13.7 Å². The molecule has 1 unspecified atom stereocenters. The fourth-order valence-corrected chi connectivity index (χ4v) is 8.01. The largest absolute Gasteiger partial charge is 0.496 e. The van der Waals surface area contributed by atoms with Crippen molar-refractivity contribution in [3.63, 3.8) is 0 Å². The lowest BCUT2D eigenvalue weighted by Gasteiger charge is -2.36. The molecule has 282 valence electrons. The molecular formula is C39H59N5O7. The summed E-state index contributed by atoms with van der Waals surface area (Å²) < 4.78 is 5.56. The third-order valence-corrected chi connectivity index (χ3v) is 10.9. The minimum atomic E-state index is -1.44. The van der Waals surface area contributed by atoms with E-state index in [9.17, 15) is 24.3 Å². The molecule has 2 heterocycles. The number of carbonyl (C=O) groups excluding carboxylic acids is 4. The number of rotatable bonds is 13. The highest BCUT2D eigenvalue weighted by Crippen LogP contribution is 2.41. The highest BCUT2D eigenvalue weighted by molar-refractivity contribution is 6.03. The lowest BCUT2D eigenvalue weighted by Crippen LogP contribution is -2.59. The van der Waals surface area contributed by atoms with Crippen LogP contribution in [0.15, 0.2) is 17.3 Å². The minimum Gasteiger partial charge on any atom is -0.496 e. The standard InChI is InChI=1S/C39H59N5O7/c1-8-12-28(32(46)36(48)40-27-15-16-27)41-35(47)30-21-39(20-29(43-51-39)26-17-23(2)33(50-7)24(3)18-26)22-44(30)37(49)34(38(4,5)6)42-31(45)19-25-13-10-9-11-14-25/h17-18,25,27-28,30,32,34,46H,8-16,19-22H2,1-7H3,(H,40,48)(H,41,47)(H,42,45)/t28-,30-,32?,34+,39+/m0/s1. The van der Waals surface area contributed by atoms with E-state index >= 15 is 0 Å². The zero-order chi connectivity index (χ0) is 37.1. The van der Waals surface area contributed by atoms with E-state index in [2.05, 4.69) is 21.1 Å². The Hall–Kier alpha value is -3.67. The number of hydrogen-bond acceptors (Lipinski definition) is 8. The smallest absolute Gasteiger partial charge is 0.251 e. The van der Waals surface area contributed by atoms with Gasteiger partial charge in [-0.25, -0.2) is 0 Å². The van der Waals surface area contributed by atoms with E-state index in [4.69, 9.17) is 9.57 Å². The minimum absolute atomic E-state index is 0.0579. The molecule has 2 saturated carbocycles. The van der Waals surface area contributed by atoms with E-state index in [0.717, 1.165) is 61.0 Å². The lowest BCUT2D eigenvalue weighted by atomic mass is 9.84. The van der Waals surface area contributed by atoms with Crippen LogP contribution in [0.4, 0.5) is 0 Å². The number of nitrogens with one attached hydrogen (secondary N) is 3. The van der Waals surface area contributed by atoms with Gasteiger partial charge in [0.25, 0.3) is 5.91 Å². The summed E-state index contributed by atoms with van der Waals surface area (Å²) >= 11 is 0. The van der Waals surface area contributed by atoms with Crippen LogP contribution in [0, 0.1) is 25.2 Å². The Balaban J connectivity index is 1.40. The van der Waals surface area contributed by atoms with E-state index < -0.39 is 47.1 Å². The fourth-order valence-electron chi connectivity index (χ4n) is 8.01. The highest BCUT2D eigenvalue weighted by atomic mass is 16.7. The molecule has 2 aliphatic heterocycles. The van der Waals surface area contributed by atoms with Gasteiger partial charge < -0.3 is 35.5 Å². The molecule has 5 atom stereocenters. The van der Waals surface area contributed by atoms with Gasteiger partial charge in [0, 0.05) is 30.9 Å². The van der Waals surface area contributed by atoms with Crippen molar-refractivity contribution in [1.29, 1.82) is 0 Å². The zero-order valence-corrected chi connectivity index (χ0v) is 31.6. The Bertz CT molecular complexity index is 1470. The van der Waals surface area contributed by atoms with Gasteiger partial charge in [-0.05, 0) is 80.5 Å². The number of aryl methyl sites for hydroxylation is 2. The van der Waals surface area contributed by atoms with Gasteiger partial charge in [0.2, 0.25) is 17.7 Å². The second-order valence-electron chi connectivity index (χ2n) is 16.5. The Kier molecular flexibility index (Phi) is 12.0. The molecule has 4 N–H and O–H groups in total. The molecule has 1 spiro atoms. The molecule has 4 amide bonds. The van der Waals surface area contributed by atoms with Crippen molar-refractivity contribution in [3.05, 3.63) is 28.8 Å². The first-order valence-electron chi connectivity index (χ1n) is 18.9. The van der Waals surface area contributed by atoms with Crippen LogP contribution in [-0.2, 0) is 24.0 Å². The molecule has 0 aromatic heterocycles. The maximum atomic E-state index is 14.7. The molecule has 1 saturated heterocycles. The zero-order valence-electron chi connectivity index (χ0n) is 31.6. The van der Waals surface area contributed by atoms with E-state index in [1.54, 1.807) is 7.11 Å². The first kappa shape index (κ1) is 38.6. The predicted molar refractivity (Wildman–Crippen MR) is 194 cm³/mol. The molecule has 2 aliphatic carbocycles. The maximum Gasteiger partial charge on any atom is 0.251 e. The molecule has 0 radical (unpaired) electrons. The van der Waals surface area contributed by atoms with Crippen molar-refractivity contribution in [3.8, 4) is 5.75 Å². The van der Waals surface area contributed by atoms with Crippen LogP contribution in [0.3, 0.4) is 0 Å². The van der Waals surface area contributed by atoms with Gasteiger partial charge in [-0.1, -0.05) is 58.5 Å². The quantitative estimate of drug-likeness (QED) is 0.239. The first-order valence-corrected chi connectivity index (χ1v) is 18.9. The van der Waals surface area contributed by atoms with Crippen LogP contribution in [0.2, 0.25) is 0 Å². The van der Waals surface area contributed by atoms with Gasteiger partial charge in [-0.2, -0.15) is 0 Å². The maximum absolute atomic E-state index is 14.7. The molecule has 1 aromatic carbocycles. The Labute approximate surface area is 302 Å². The summed E-state index contributed by atoms with van der Waals surface area (Å²) in [4.78, 5) is 62.9. The molecule has 4 aliphatic rings. The number of carbonyl (C=O) groups is 4. The van der Waals surface area contributed by atoms with E-state index in [1.165, 1.54) is 11.3 Å². The number of aliphatic hydroxyl groups is 1. The number of ether oxygens (including phenoxy) is 1. The predicted octanol–water partition coefficient (Wildman–Crippen LogP) is 4.20. The highest BCUT2D eigenvalue weighted by Gasteiger charge is 2.55. The van der Waals surface area contributed by atoms with Crippen LogP contribution < -0.4 is 20.7 Å². The van der Waals surface area contributed by atoms with Gasteiger partial charge in [0.1, 0.15) is 17.8 Å². The third kappa shape index (κ3) is 9.23. The number of likely N-dealkylation sites (tertiary alicyclic amines) is 1. The Morgan fingerprint density at radius 2 is 1.73 bits per heavy atom. The molecule has 3 fully saturated rings. The molecular weight excluding hydrogens is 650 g/mol. The first-order chi connectivity index (χ1) is 24.1. The average Bonchev–Trinajstić information content (AvgIpc) is 3.67. The molecule has 0 bridgehead atoms. The molecule has 1 aromatic rings. The lowest BCUT2D eigenvalue weighted by molar-refractivity contribution is -0.145. The van der Waals surface area contributed by atoms with Gasteiger partial charge in [0.05, 0.1) is 25.4 Å². The van der Waals surface area contributed by atoms with Gasteiger partial charge in [-0.3, -0.25) is 19.2 Å². The number of methoxy groups -OCH3 is 1. The normalized spacial score (nSPS) is 24.0. The summed E-state index contributed by atoms with van der Waals surface area (Å²) in [6, 6.07) is 1.33. The van der Waals surface area contributed by atoms with Crippen molar-refractivity contribution in [2.45, 2.75) is 154 Å². The second-order valence-corrected chi connectivity index (χ2v) is 16.5. The van der Waals surface area contributed by atoms with E-state index in [1.807, 2.05) is 53.7 Å². The van der Waals surface area contributed by atoms with Crippen molar-refractivity contribution < 1.29 is 33.9 Å². The number of hydrogen-bond donors (Lipinski definition) is 4. The summed E-state index contributed by atoms with van der Waals surface area (Å²) in [6.45, 7) is 11.7. The van der Waals surface area contributed by atoms with Crippen LogP contribution in [0.25, 0.3) is 0 Å². The molecule has 12 nitrogen and oxygen atoms in total. The third-order valence-electron chi connectivity index (χ3n) is 10.9. The molecule has 12 heteroatoms. The molecule has 51 heavy (non-hydrogen) atoms. The van der Waals surface area contributed by atoms with Crippen molar-refractivity contribution >= 4 is 29.3 Å². The van der Waals surface area contributed by atoms with E-state index in [0.29, 0.717) is 37.3 Å². The van der Waals surface area contributed by atoms with Crippen molar-refractivity contribution in [1.82, 2.24) is 20.9 Å². The van der Waals surface area contributed by atoms with Crippen LogP contribution in [0.1, 0.15) is 121 Å². The SMILES string of the molecule is CCC[C@H](NC(=O)[C@@H]1C[C@]2(CC(c3cc(C)c(OC)c(C)c3)=NO2)CN1C(=O)[C@@H](NC(=O)CC1CCCCC1)C(C)(C)C)C(O)C(=O)NC1CC1. The summed E-state index contributed by atoms with van der Waals surface area (Å²) in [7, 11) is 1.64.